The Labute approximate surface area is 167 Å². The molecular weight excluding hydrogens is 362 g/mol. The van der Waals surface area contributed by atoms with Crippen molar-refractivity contribution in [2.75, 3.05) is 0 Å². The Hall–Kier alpha value is -4.19. The van der Waals surface area contributed by atoms with Crippen molar-refractivity contribution in [3.63, 3.8) is 0 Å². The van der Waals surface area contributed by atoms with Crippen molar-refractivity contribution in [3.8, 4) is 0 Å². The Balaban J connectivity index is 1.81. The number of hydrogen-bond donors (Lipinski definition) is 3. The lowest BCUT2D eigenvalue weighted by molar-refractivity contribution is -0.115. The van der Waals surface area contributed by atoms with Crippen molar-refractivity contribution in [1.82, 2.24) is 25.3 Å². The van der Waals surface area contributed by atoms with Crippen LogP contribution in [-0.4, -0.2) is 25.8 Å². The summed E-state index contributed by atoms with van der Waals surface area (Å²) in [7, 11) is 0. The van der Waals surface area contributed by atoms with Gasteiger partial charge in [-0.2, -0.15) is 0 Å². The van der Waals surface area contributed by atoms with Crippen LogP contribution in [-0.2, 0) is 4.79 Å². The van der Waals surface area contributed by atoms with Crippen molar-refractivity contribution >= 4 is 51.9 Å². The predicted molar refractivity (Wildman–Crippen MR) is 116 cm³/mol. The van der Waals surface area contributed by atoms with Crippen LogP contribution in [0.5, 0.6) is 0 Å². The van der Waals surface area contributed by atoms with E-state index in [0.29, 0.717) is 22.8 Å². The third-order valence-electron chi connectivity index (χ3n) is 4.52. The molecule has 3 aromatic heterocycles. The minimum Gasteiger partial charge on any atom is -0.355 e. The fourth-order valence-electron chi connectivity index (χ4n) is 3.21. The molecule has 140 valence electrons. The lowest BCUT2D eigenvalue weighted by Crippen LogP contribution is -2.18. The molecule has 8 bridgehead atoms. The molecule has 0 atom stereocenters. The fraction of sp³-hybridized carbons (Fsp3) is 0. The van der Waals surface area contributed by atoms with Crippen LogP contribution in [0.3, 0.4) is 0 Å². The van der Waals surface area contributed by atoms with E-state index in [9.17, 15) is 4.79 Å². The van der Waals surface area contributed by atoms with Gasteiger partial charge >= 0.3 is 0 Å². The lowest BCUT2D eigenvalue weighted by Gasteiger charge is -2.01. The number of nitrogens with one attached hydrogen (secondary N) is 3. The van der Waals surface area contributed by atoms with Gasteiger partial charge < -0.3 is 15.3 Å². The van der Waals surface area contributed by atoms with E-state index in [0.717, 1.165) is 27.8 Å². The summed E-state index contributed by atoms with van der Waals surface area (Å²) >= 11 is 0. The van der Waals surface area contributed by atoms with Gasteiger partial charge in [-0.25, -0.2) is 9.97 Å². The second-order valence-electron chi connectivity index (χ2n) is 6.69. The van der Waals surface area contributed by atoms with Crippen molar-refractivity contribution in [1.29, 1.82) is 0 Å². The summed E-state index contributed by atoms with van der Waals surface area (Å²) in [5, 5.41) is 2.70. The van der Waals surface area contributed by atoms with E-state index in [4.69, 9.17) is 1.37 Å². The molecule has 0 spiro atoms. The van der Waals surface area contributed by atoms with E-state index in [2.05, 4.69) is 31.8 Å². The molecule has 0 saturated heterocycles. The summed E-state index contributed by atoms with van der Waals surface area (Å²) < 4.78 is 8.52. The third kappa shape index (κ3) is 3.51. The van der Waals surface area contributed by atoms with Gasteiger partial charge in [-0.05, 0) is 72.8 Å². The van der Waals surface area contributed by atoms with E-state index in [1.165, 1.54) is 6.08 Å². The smallest absolute Gasteiger partial charge is 0.247 e. The van der Waals surface area contributed by atoms with Crippen molar-refractivity contribution in [2.45, 2.75) is 0 Å². The highest BCUT2D eigenvalue weighted by molar-refractivity contribution is 5.98. The highest BCUT2D eigenvalue weighted by Crippen LogP contribution is 2.21. The first kappa shape index (κ1) is 15.8. The number of carbonyl (C=O) groups is 1. The maximum Gasteiger partial charge on any atom is 0.247 e. The predicted octanol–water partition coefficient (Wildman–Crippen LogP) is 4.29. The molecule has 0 fully saturated rings. The van der Waals surface area contributed by atoms with Crippen LogP contribution in [0.25, 0.3) is 46.0 Å². The van der Waals surface area contributed by atoms with Crippen molar-refractivity contribution < 1.29 is 6.17 Å². The Bertz CT molecular complexity index is 1420. The van der Waals surface area contributed by atoms with E-state index >= 15 is 0 Å². The number of aromatic amines is 2. The van der Waals surface area contributed by atoms with Crippen molar-refractivity contribution in [3.05, 3.63) is 84.0 Å². The van der Waals surface area contributed by atoms with Gasteiger partial charge in [0.05, 0.1) is 29.8 Å². The zero-order chi connectivity index (χ0) is 20.7. The van der Waals surface area contributed by atoms with Crippen LogP contribution in [0, 0.1) is 0 Å². The molecule has 1 amide bonds. The molecular formula is C23H17N5O. The highest BCUT2D eigenvalue weighted by atomic mass is 16.1. The number of fused-ring (bicyclic) bond motifs is 8. The van der Waals surface area contributed by atoms with Crippen LogP contribution in [0.2, 0.25) is 0 Å². The average Bonchev–Trinajstić information content (AvgIpc) is 3.50. The molecule has 3 N–H and O–H groups in total. The number of hydrogen-bond acceptors (Lipinski definition) is 3. The Kier molecular flexibility index (Phi) is 3.69. The summed E-state index contributed by atoms with van der Waals surface area (Å²) in [5.74, 6) is -0.397. The zero-order valence-corrected chi connectivity index (χ0v) is 15.4. The van der Waals surface area contributed by atoms with Gasteiger partial charge in [0.1, 0.15) is 0 Å². The Morgan fingerprint density at radius 1 is 0.897 bits per heavy atom. The SMILES string of the molecule is [2H]C1=C(NC(=O)C=C)c2cc3nc(cc4ccc(cc5ccc(cc1n2)[nH]5)[nH]4)C=C3. The molecule has 0 saturated carbocycles. The fourth-order valence-corrected chi connectivity index (χ4v) is 3.21. The lowest BCUT2D eigenvalue weighted by atomic mass is 10.2. The number of amides is 1. The quantitative estimate of drug-likeness (QED) is 0.454. The molecule has 0 unspecified atom stereocenters. The molecule has 3 aromatic rings. The molecule has 0 radical (unpaired) electrons. The van der Waals surface area contributed by atoms with Gasteiger partial charge in [-0.3, -0.25) is 4.79 Å². The van der Waals surface area contributed by atoms with Crippen LogP contribution < -0.4 is 5.32 Å². The molecule has 5 heterocycles. The number of aromatic nitrogens is 4. The molecule has 0 aliphatic carbocycles. The monoisotopic (exact) mass is 380 g/mol. The number of carbonyl (C=O) groups excluding carboxylic acids is 1. The van der Waals surface area contributed by atoms with Gasteiger partial charge in [-0.1, -0.05) is 6.58 Å². The minimum absolute atomic E-state index is 0.132. The van der Waals surface area contributed by atoms with E-state index in [1.807, 2.05) is 48.6 Å². The Morgan fingerprint density at radius 3 is 2.14 bits per heavy atom. The third-order valence-corrected chi connectivity index (χ3v) is 4.52. The van der Waals surface area contributed by atoms with Crippen LogP contribution in [0.4, 0.5) is 0 Å². The summed E-state index contributed by atoms with van der Waals surface area (Å²) in [4.78, 5) is 27.7. The molecule has 6 heteroatoms. The summed E-state index contributed by atoms with van der Waals surface area (Å²) in [6.07, 6.45) is 4.95. The molecule has 29 heavy (non-hydrogen) atoms. The molecule has 2 aliphatic heterocycles. The van der Waals surface area contributed by atoms with Gasteiger partial charge in [0, 0.05) is 22.1 Å². The first-order valence-electron chi connectivity index (χ1n) is 9.59. The number of rotatable bonds is 2. The highest BCUT2D eigenvalue weighted by Gasteiger charge is 2.13. The number of H-pyrrole nitrogens is 2. The van der Waals surface area contributed by atoms with E-state index in [-0.39, 0.29) is 6.05 Å². The first-order valence-corrected chi connectivity index (χ1v) is 9.09. The van der Waals surface area contributed by atoms with Gasteiger partial charge in [0.25, 0.3) is 0 Å². The van der Waals surface area contributed by atoms with Crippen LogP contribution in [0.1, 0.15) is 24.1 Å². The first-order chi connectivity index (χ1) is 14.6. The average molecular weight is 380 g/mol. The summed E-state index contributed by atoms with van der Waals surface area (Å²) in [6.45, 7) is 3.48. The molecule has 5 rings (SSSR count). The van der Waals surface area contributed by atoms with Crippen LogP contribution >= 0.6 is 0 Å². The second-order valence-corrected chi connectivity index (χ2v) is 6.69. The summed E-state index contributed by atoms with van der Waals surface area (Å²) in [6, 6.07) is 15.5. The largest absolute Gasteiger partial charge is 0.355 e. The zero-order valence-electron chi connectivity index (χ0n) is 16.4. The maximum absolute atomic E-state index is 11.9. The summed E-state index contributed by atoms with van der Waals surface area (Å²) in [5.41, 5.74) is 6.36. The van der Waals surface area contributed by atoms with Gasteiger partial charge in [0.2, 0.25) is 5.91 Å². The van der Waals surface area contributed by atoms with Gasteiger partial charge in [0.15, 0.2) is 0 Å². The Morgan fingerprint density at radius 2 is 1.48 bits per heavy atom. The maximum atomic E-state index is 11.9. The normalized spacial score (nSPS) is 13.3. The van der Waals surface area contributed by atoms with Crippen LogP contribution in [0.15, 0.2) is 61.2 Å². The molecule has 2 aliphatic rings. The number of nitrogens with zero attached hydrogens (tertiary/aromatic N) is 2. The standard InChI is InChI=1S/C23H17N5O/c1-2-23(29)28-22-13-20-11-18-6-5-16(25-18)9-14-3-4-15(24-14)10-17-7-8-19(26-17)12-21(22)27-20/h2-13,24-25H,1H2,(H,28,29)/i13D. The van der Waals surface area contributed by atoms with Gasteiger partial charge in [-0.15, -0.1) is 0 Å². The van der Waals surface area contributed by atoms with E-state index < -0.39 is 5.91 Å². The van der Waals surface area contributed by atoms with E-state index in [1.54, 1.807) is 12.1 Å². The van der Waals surface area contributed by atoms with Crippen molar-refractivity contribution in [2.24, 2.45) is 0 Å². The topological polar surface area (TPSA) is 86.5 Å². The molecule has 6 nitrogen and oxygen atoms in total. The molecule has 0 aromatic carbocycles. The minimum atomic E-state index is -0.397. The second kappa shape index (κ2) is 6.76.